The molecule has 0 bridgehead atoms. The van der Waals surface area contributed by atoms with Crippen molar-refractivity contribution >= 4 is 17.6 Å². The predicted molar refractivity (Wildman–Crippen MR) is 150 cm³/mol. The Bertz CT molecular complexity index is 994. The lowest BCUT2D eigenvalue weighted by Crippen LogP contribution is -2.49. The topological polar surface area (TPSA) is 154 Å². The molecule has 0 aliphatic rings. The largest absolute Gasteiger partial charge is 0.389 e. The molecule has 208 valence electrons. The van der Waals surface area contributed by atoms with Crippen molar-refractivity contribution < 1.29 is 24.6 Å². The summed E-state index contributed by atoms with van der Waals surface area (Å²) in [5.74, 6) is -1.81. The lowest BCUT2D eigenvalue weighted by molar-refractivity contribution is -0.000338. The summed E-state index contributed by atoms with van der Waals surface area (Å²) in [6, 6.07) is 13.7. The predicted octanol–water partition coefficient (Wildman–Crippen LogP) is 4.58. The Kier molecular flexibility index (Phi) is 17.7. The van der Waals surface area contributed by atoms with Crippen molar-refractivity contribution in [3.05, 3.63) is 70.8 Å². The fraction of sp³-hybridized carbons (Fsp3) is 0.467. The van der Waals surface area contributed by atoms with Crippen LogP contribution in [0.3, 0.4) is 0 Å². The molecule has 0 radical (unpaired) electrons. The number of hydrogen-bond donors (Lipinski definition) is 4. The van der Waals surface area contributed by atoms with Gasteiger partial charge >= 0.3 is 0 Å². The monoisotopic (exact) mass is 525 g/mol. The Balaban J connectivity index is 0.00000150. The van der Waals surface area contributed by atoms with E-state index in [2.05, 4.69) is 33.0 Å². The standard InChI is InChI=1S/C22H23N3O5.2C4H10/c1-13(26)15-10-16(21(24)29)12-17(11-15)22(30)25-18(20(28)19(27)7-8-23)9-14-5-3-2-4-6-14;2*1-3-4-2/h2-6,10-12,18-20,27-28H,7,9H2,1H3,(H2,24,29)(H,25,30);2*3-4H2,1-2H3. The molecule has 0 aliphatic carbocycles. The number of nitriles is 1. The molecule has 2 rings (SSSR count). The van der Waals surface area contributed by atoms with Gasteiger partial charge in [-0.15, -0.1) is 0 Å². The number of ketones is 1. The third-order valence-electron chi connectivity index (χ3n) is 5.61. The molecule has 0 saturated heterocycles. The van der Waals surface area contributed by atoms with Crippen LogP contribution in [-0.4, -0.2) is 46.1 Å². The highest BCUT2D eigenvalue weighted by atomic mass is 16.3. The van der Waals surface area contributed by atoms with E-state index in [1.54, 1.807) is 30.3 Å². The molecule has 3 atom stereocenters. The highest BCUT2D eigenvalue weighted by Crippen LogP contribution is 2.15. The molecule has 8 heteroatoms. The van der Waals surface area contributed by atoms with Gasteiger partial charge in [-0.05, 0) is 37.1 Å². The average Bonchev–Trinajstić information content (AvgIpc) is 2.92. The van der Waals surface area contributed by atoms with E-state index in [0.29, 0.717) is 0 Å². The number of benzene rings is 2. The summed E-state index contributed by atoms with van der Waals surface area (Å²) >= 11 is 0. The van der Waals surface area contributed by atoms with Crippen molar-refractivity contribution in [1.29, 1.82) is 5.26 Å². The van der Waals surface area contributed by atoms with Gasteiger partial charge in [0.15, 0.2) is 5.78 Å². The molecule has 38 heavy (non-hydrogen) atoms. The number of amides is 2. The van der Waals surface area contributed by atoms with E-state index in [1.807, 2.05) is 6.07 Å². The number of carbonyl (C=O) groups is 3. The van der Waals surface area contributed by atoms with E-state index < -0.39 is 30.1 Å². The third-order valence-corrected chi connectivity index (χ3v) is 5.61. The Morgan fingerprint density at radius 1 is 0.895 bits per heavy atom. The van der Waals surface area contributed by atoms with Gasteiger partial charge in [0.2, 0.25) is 5.91 Å². The normalized spacial score (nSPS) is 12.3. The van der Waals surface area contributed by atoms with Gasteiger partial charge in [0.25, 0.3) is 5.91 Å². The number of aliphatic hydroxyl groups is 2. The van der Waals surface area contributed by atoms with Crippen LogP contribution in [0.15, 0.2) is 48.5 Å². The minimum absolute atomic E-state index is 0.00229. The number of hydrogen-bond acceptors (Lipinski definition) is 6. The fourth-order valence-corrected chi connectivity index (χ4v) is 2.96. The molecular formula is C30H43N3O5. The number of rotatable bonds is 11. The highest BCUT2D eigenvalue weighted by Gasteiger charge is 2.28. The summed E-state index contributed by atoms with van der Waals surface area (Å²) in [6.45, 7) is 10.0. The molecule has 0 aromatic heterocycles. The van der Waals surface area contributed by atoms with E-state index in [1.165, 1.54) is 50.8 Å². The van der Waals surface area contributed by atoms with Crippen molar-refractivity contribution in [3.63, 3.8) is 0 Å². The van der Waals surface area contributed by atoms with Crippen LogP contribution in [0.1, 0.15) is 103 Å². The number of unbranched alkanes of at least 4 members (excludes halogenated alkanes) is 2. The van der Waals surface area contributed by atoms with E-state index in [9.17, 15) is 24.6 Å². The molecule has 5 N–H and O–H groups in total. The number of primary amides is 1. The lowest BCUT2D eigenvalue weighted by Gasteiger charge is -2.27. The first-order valence-electron chi connectivity index (χ1n) is 13.1. The molecule has 0 aliphatic heterocycles. The van der Waals surface area contributed by atoms with Gasteiger partial charge in [-0.3, -0.25) is 14.4 Å². The van der Waals surface area contributed by atoms with Crippen molar-refractivity contribution in [3.8, 4) is 6.07 Å². The van der Waals surface area contributed by atoms with Crippen LogP contribution in [0.5, 0.6) is 0 Å². The van der Waals surface area contributed by atoms with Crippen LogP contribution in [0, 0.1) is 11.3 Å². The highest BCUT2D eigenvalue weighted by molar-refractivity contribution is 6.04. The lowest BCUT2D eigenvalue weighted by atomic mass is 9.95. The molecule has 0 saturated carbocycles. The minimum Gasteiger partial charge on any atom is -0.389 e. The maximum absolute atomic E-state index is 12.8. The smallest absolute Gasteiger partial charge is 0.251 e. The van der Waals surface area contributed by atoms with Crippen LogP contribution < -0.4 is 11.1 Å². The second-order valence-corrected chi connectivity index (χ2v) is 8.91. The van der Waals surface area contributed by atoms with Crippen molar-refractivity contribution in [2.45, 2.75) is 91.4 Å². The first-order valence-corrected chi connectivity index (χ1v) is 13.1. The average molecular weight is 526 g/mol. The second-order valence-electron chi connectivity index (χ2n) is 8.91. The Morgan fingerprint density at radius 2 is 1.39 bits per heavy atom. The Hall–Kier alpha value is -3.54. The van der Waals surface area contributed by atoms with Gasteiger partial charge in [-0.2, -0.15) is 5.26 Å². The summed E-state index contributed by atoms with van der Waals surface area (Å²) in [7, 11) is 0. The molecule has 2 amide bonds. The zero-order valence-corrected chi connectivity index (χ0v) is 23.2. The maximum atomic E-state index is 12.8. The van der Waals surface area contributed by atoms with Crippen LogP contribution >= 0.6 is 0 Å². The number of nitrogens with one attached hydrogen (secondary N) is 1. The van der Waals surface area contributed by atoms with E-state index in [-0.39, 0.29) is 35.3 Å². The number of Topliss-reactive ketones (excluding diaryl/α,β-unsaturated/α-hetero) is 1. The zero-order valence-electron chi connectivity index (χ0n) is 23.2. The summed E-state index contributed by atoms with van der Waals surface area (Å²) in [5, 5.41) is 32.0. The third kappa shape index (κ3) is 13.1. The van der Waals surface area contributed by atoms with Crippen molar-refractivity contribution in [1.82, 2.24) is 5.32 Å². The van der Waals surface area contributed by atoms with Crippen molar-refractivity contribution in [2.24, 2.45) is 5.73 Å². The SMILES string of the molecule is CC(=O)c1cc(C(N)=O)cc(C(=O)NC(Cc2ccccc2)C(O)C(O)CC#N)c1.CCCC.CCCC. The zero-order chi connectivity index (χ0) is 29.1. The number of nitrogens with two attached hydrogens (primary N) is 1. The van der Waals surface area contributed by atoms with Gasteiger partial charge in [0.1, 0.15) is 6.10 Å². The first kappa shape index (κ1) is 34.5. The summed E-state index contributed by atoms with van der Waals surface area (Å²) in [4.78, 5) is 36.1. The molecule has 0 fully saturated rings. The van der Waals surface area contributed by atoms with Gasteiger partial charge < -0.3 is 21.3 Å². The minimum atomic E-state index is -1.42. The summed E-state index contributed by atoms with van der Waals surface area (Å²) < 4.78 is 0. The number of aliphatic hydroxyl groups excluding tert-OH is 2. The van der Waals surface area contributed by atoms with Crippen molar-refractivity contribution in [2.75, 3.05) is 0 Å². The number of nitrogens with zero attached hydrogens (tertiary/aromatic N) is 1. The van der Waals surface area contributed by atoms with E-state index >= 15 is 0 Å². The second kappa shape index (κ2) is 19.6. The van der Waals surface area contributed by atoms with Gasteiger partial charge in [0, 0.05) is 16.7 Å². The van der Waals surface area contributed by atoms with Gasteiger partial charge in [-0.25, -0.2) is 0 Å². The summed E-state index contributed by atoms with van der Waals surface area (Å²) in [6.07, 6.45) is 2.37. The van der Waals surface area contributed by atoms with Crippen LogP contribution in [0.4, 0.5) is 0 Å². The Morgan fingerprint density at radius 3 is 1.84 bits per heavy atom. The molecule has 2 aromatic rings. The molecule has 8 nitrogen and oxygen atoms in total. The molecule has 0 heterocycles. The number of carbonyl (C=O) groups excluding carboxylic acids is 3. The van der Waals surface area contributed by atoms with E-state index in [0.717, 1.165) is 5.56 Å². The van der Waals surface area contributed by atoms with Crippen LogP contribution in [0.25, 0.3) is 0 Å². The van der Waals surface area contributed by atoms with Crippen LogP contribution in [0.2, 0.25) is 0 Å². The first-order chi connectivity index (χ1) is 18.1. The molecule has 2 aromatic carbocycles. The van der Waals surface area contributed by atoms with E-state index in [4.69, 9.17) is 11.0 Å². The van der Waals surface area contributed by atoms with Crippen LogP contribution in [-0.2, 0) is 6.42 Å². The fourth-order valence-electron chi connectivity index (χ4n) is 2.96. The summed E-state index contributed by atoms with van der Waals surface area (Å²) in [5.41, 5.74) is 6.23. The quantitative estimate of drug-likeness (QED) is 0.315. The Labute approximate surface area is 226 Å². The van der Waals surface area contributed by atoms with Gasteiger partial charge in [-0.1, -0.05) is 83.7 Å². The molecule has 0 spiro atoms. The molecule has 3 unspecified atom stereocenters. The molecular weight excluding hydrogens is 482 g/mol. The van der Waals surface area contributed by atoms with Gasteiger partial charge in [0.05, 0.1) is 24.6 Å². The maximum Gasteiger partial charge on any atom is 0.251 e.